The zero-order valence-corrected chi connectivity index (χ0v) is 18.1. The van der Waals surface area contributed by atoms with E-state index in [0.717, 1.165) is 34.6 Å². The lowest BCUT2D eigenvalue weighted by Crippen LogP contribution is -2.73. The molecule has 0 unspecified atom stereocenters. The fraction of sp³-hybridized carbons (Fsp3) is 0.706. The van der Waals surface area contributed by atoms with E-state index in [2.05, 4.69) is 15.9 Å². The number of hydrogen-bond acceptors (Lipinski definition) is 11. The van der Waals surface area contributed by atoms with Gasteiger partial charge in [-0.15, -0.1) is 0 Å². The van der Waals surface area contributed by atoms with Crippen molar-refractivity contribution in [3.05, 3.63) is 0 Å². The van der Waals surface area contributed by atoms with Crippen molar-refractivity contribution in [3.8, 4) is 0 Å². The van der Waals surface area contributed by atoms with E-state index in [1.54, 1.807) is 0 Å². The second-order valence-electron chi connectivity index (χ2n) is 6.42. The highest BCUT2D eigenvalue weighted by atomic mass is 79.9. The number of ether oxygens (including phenoxy) is 5. The van der Waals surface area contributed by atoms with Crippen LogP contribution in [0.1, 0.15) is 34.6 Å². The van der Waals surface area contributed by atoms with Gasteiger partial charge >= 0.3 is 29.8 Å². The molecule has 1 aliphatic carbocycles. The third-order valence-corrected chi connectivity index (χ3v) is 4.91. The molecule has 29 heavy (non-hydrogen) atoms. The highest BCUT2D eigenvalue weighted by Crippen LogP contribution is 2.41. The molecule has 11 nitrogen and oxygen atoms in total. The molecule has 0 bridgehead atoms. The maximum Gasteiger partial charge on any atom is 0.303 e. The van der Waals surface area contributed by atoms with Gasteiger partial charge in [-0.2, -0.15) is 0 Å². The first kappa shape index (κ1) is 24.8. The van der Waals surface area contributed by atoms with Crippen LogP contribution in [0.25, 0.3) is 0 Å². The molecule has 12 heteroatoms. The summed E-state index contributed by atoms with van der Waals surface area (Å²) in [5.74, 6) is -4.09. The van der Waals surface area contributed by atoms with Crippen LogP contribution < -0.4 is 0 Å². The van der Waals surface area contributed by atoms with Gasteiger partial charge in [0, 0.05) is 34.6 Å². The van der Waals surface area contributed by atoms with E-state index in [-0.39, 0.29) is 0 Å². The Morgan fingerprint density at radius 1 is 0.724 bits per heavy atom. The van der Waals surface area contributed by atoms with Gasteiger partial charge in [0.1, 0.15) is 6.61 Å². The number of aliphatic hydroxyl groups is 1. The smallest absolute Gasteiger partial charge is 0.303 e. The van der Waals surface area contributed by atoms with Crippen LogP contribution in [0.4, 0.5) is 0 Å². The second-order valence-corrected chi connectivity index (χ2v) is 7.48. The van der Waals surface area contributed by atoms with Gasteiger partial charge in [-0.1, -0.05) is 15.9 Å². The van der Waals surface area contributed by atoms with E-state index < -0.39 is 71.3 Å². The van der Waals surface area contributed by atoms with Gasteiger partial charge in [-0.25, -0.2) is 0 Å². The molecule has 0 aromatic rings. The van der Waals surface area contributed by atoms with Crippen LogP contribution in [0, 0.1) is 0 Å². The highest BCUT2D eigenvalue weighted by molar-refractivity contribution is 9.09. The molecule has 1 rings (SSSR count). The molecule has 0 aromatic heterocycles. The van der Waals surface area contributed by atoms with E-state index in [1.807, 2.05) is 0 Å². The highest BCUT2D eigenvalue weighted by Gasteiger charge is 2.65. The number of rotatable bonds is 6. The summed E-state index contributed by atoms with van der Waals surface area (Å²) in [5, 5.41) is 11.3. The Morgan fingerprint density at radius 2 is 1.14 bits per heavy atom. The number of carbonyl (C=O) groups excluding carboxylic acids is 5. The van der Waals surface area contributed by atoms with Crippen LogP contribution in [0.5, 0.6) is 0 Å². The summed E-state index contributed by atoms with van der Waals surface area (Å²) in [6, 6.07) is 0. The largest absolute Gasteiger partial charge is 0.462 e. The summed E-state index contributed by atoms with van der Waals surface area (Å²) < 4.78 is 25.6. The normalized spacial score (nSPS) is 31.2. The standard InChI is InChI=1S/C17H23BrO11/c1-7(19)25-6-17(24)15(28-10(4)22)12(18)13(26-8(2)20)14(27-9(3)21)16(17)29-11(5)23/h12-16,24H,6H2,1-5H3/t12-,13-,14+,15+,16-,17+/m0/s1. The Kier molecular flexibility index (Phi) is 8.57. The zero-order valence-electron chi connectivity index (χ0n) is 16.5. The first-order valence-corrected chi connectivity index (χ1v) is 9.39. The minimum absolute atomic E-state index is 0.773. The summed E-state index contributed by atoms with van der Waals surface area (Å²) in [4.78, 5) is 56.8. The zero-order chi connectivity index (χ0) is 22.5. The van der Waals surface area contributed by atoms with E-state index >= 15 is 0 Å². The fourth-order valence-electron chi connectivity index (χ4n) is 2.97. The van der Waals surface area contributed by atoms with Gasteiger partial charge in [0.2, 0.25) is 0 Å². The van der Waals surface area contributed by atoms with Crippen LogP contribution >= 0.6 is 15.9 Å². The molecule has 0 aliphatic heterocycles. The SMILES string of the molecule is CC(=O)OC[C@@]1(O)[C@H](OC(C)=O)[C@@H](Br)[C@H](OC(C)=O)[C@@H](OC(C)=O)[C@@H]1OC(C)=O. The molecule has 6 atom stereocenters. The van der Waals surface area contributed by atoms with Crippen molar-refractivity contribution in [2.45, 2.75) is 69.5 Å². The van der Waals surface area contributed by atoms with Crippen molar-refractivity contribution in [1.82, 2.24) is 0 Å². The molecular weight excluding hydrogens is 460 g/mol. The van der Waals surface area contributed by atoms with Crippen molar-refractivity contribution >= 4 is 45.8 Å². The predicted molar refractivity (Wildman–Crippen MR) is 96.5 cm³/mol. The molecule has 1 N–H and O–H groups in total. The van der Waals surface area contributed by atoms with Crippen molar-refractivity contribution in [3.63, 3.8) is 0 Å². The number of halogens is 1. The Balaban J connectivity index is 3.59. The molecule has 0 aromatic carbocycles. The molecule has 0 saturated heterocycles. The van der Waals surface area contributed by atoms with Gasteiger partial charge in [0.25, 0.3) is 0 Å². The lowest BCUT2D eigenvalue weighted by Gasteiger charge is -2.50. The van der Waals surface area contributed by atoms with Gasteiger partial charge < -0.3 is 28.8 Å². The van der Waals surface area contributed by atoms with Crippen molar-refractivity contribution in [2.24, 2.45) is 0 Å². The quantitative estimate of drug-likeness (QED) is 0.303. The Labute approximate surface area is 175 Å². The van der Waals surface area contributed by atoms with E-state index in [1.165, 1.54) is 0 Å². The lowest BCUT2D eigenvalue weighted by atomic mass is 9.76. The molecule has 0 heterocycles. The van der Waals surface area contributed by atoms with Crippen molar-refractivity contribution < 1.29 is 52.8 Å². The van der Waals surface area contributed by atoms with Gasteiger partial charge in [-0.3, -0.25) is 24.0 Å². The first-order valence-electron chi connectivity index (χ1n) is 8.48. The number of hydrogen-bond donors (Lipinski definition) is 1. The first-order chi connectivity index (χ1) is 13.3. The summed E-state index contributed by atoms with van der Waals surface area (Å²) in [7, 11) is 0. The topological polar surface area (TPSA) is 152 Å². The molecule has 1 saturated carbocycles. The average molecular weight is 483 g/mol. The third-order valence-electron chi connectivity index (χ3n) is 3.91. The summed E-state index contributed by atoms with van der Waals surface area (Å²) in [6.45, 7) is 4.54. The molecule has 0 spiro atoms. The van der Waals surface area contributed by atoms with E-state index in [9.17, 15) is 29.1 Å². The van der Waals surface area contributed by atoms with E-state index in [4.69, 9.17) is 23.7 Å². The van der Waals surface area contributed by atoms with Crippen molar-refractivity contribution in [2.75, 3.05) is 6.61 Å². The Morgan fingerprint density at radius 3 is 1.55 bits per heavy atom. The Hall–Kier alpha value is -2.21. The number of carbonyl (C=O) groups is 5. The molecule has 0 radical (unpaired) electrons. The molecular formula is C17H23BrO11. The summed E-state index contributed by atoms with van der Waals surface area (Å²) in [6.07, 6.45) is -6.04. The van der Waals surface area contributed by atoms with E-state index in [0.29, 0.717) is 0 Å². The second kappa shape index (κ2) is 10.0. The van der Waals surface area contributed by atoms with Crippen molar-refractivity contribution in [1.29, 1.82) is 0 Å². The van der Waals surface area contributed by atoms with Crippen LogP contribution in [0.3, 0.4) is 0 Å². The summed E-state index contributed by atoms with van der Waals surface area (Å²) in [5.41, 5.74) is -2.34. The third kappa shape index (κ3) is 6.39. The maximum absolute atomic E-state index is 11.7. The Bertz CT molecular complexity index is 678. The van der Waals surface area contributed by atoms with Gasteiger partial charge in [0.15, 0.2) is 30.0 Å². The average Bonchev–Trinajstić information content (AvgIpc) is 2.56. The predicted octanol–water partition coefficient (Wildman–Crippen LogP) is -0.216. The fourth-order valence-corrected chi connectivity index (χ4v) is 3.94. The summed E-state index contributed by atoms with van der Waals surface area (Å²) >= 11 is 3.20. The van der Waals surface area contributed by atoms with Crippen LogP contribution in [-0.2, 0) is 47.7 Å². The van der Waals surface area contributed by atoms with Crippen LogP contribution in [0.2, 0.25) is 0 Å². The molecule has 1 fully saturated rings. The number of esters is 5. The molecule has 164 valence electrons. The molecule has 0 amide bonds. The minimum Gasteiger partial charge on any atom is -0.462 e. The lowest BCUT2D eigenvalue weighted by molar-refractivity contribution is -0.261. The number of alkyl halides is 1. The maximum atomic E-state index is 11.7. The van der Waals surface area contributed by atoms with Gasteiger partial charge in [-0.05, 0) is 0 Å². The minimum atomic E-state index is -2.34. The monoisotopic (exact) mass is 482 g/mol. The van der Waals surface area contributed by atoms with Crippen LogP contribution in [-0.4, -0.2) is 76.4 Å². The molecule has 1 aliphatic rings. The van der Waals surface area contributed by atoms with Crippen LogP contribution in [0.15, 0.2) is 0 Å². The van der Waals surface area contributed by atoms with Gasteiger partial charge in [0.05, 0.1) is 4.83 Å².